The van der Waals surface area contributed by atoms with Crippen molar-refractivity contribution in [2.45, 2.75) is 25.8 Å². The van der Waals surface area contributed by atoms with Crippen molar-refractivity contribution in [2.24, 2.45) is 11.5 Å². The number of aryl methyl sites for hydroxylation is 1. The molecular weight excluding hydrogens is 240 g/mol. The summed E-state index contributed by atoms with van der Waals surface area (Å²) >= 11 is 3.50. The molecule has 1 aromatic rings. The summed E-state index contributed by atoms with van der Waals surface area (Å²) in [6, 6.07) is 6.37. The van der Waals surface area contributed by atoms with Gasteiger partial charge in [0, 0.05) is 10.5 Å². The summed E-state index contributed by atoms with van der Waals surface area (Å²) in [5, 5.41) is 0. The zero-order chi connectivity index (χ0) is 10.6. The number of halogens is 1. The van der Waals surface area contributed by atoms with Gasteiger partial charge in [0.25, 0.3) is 0 Å². The fourth-order valence-electron chi connectivity index (χ4n) is 1.34. The molecule has 1 aromatic carbocycles. The SMILES string of the molecule is Cc1ccc([C@H](N)CCCN)cc1Br. The molecule has 1 atom stereocenters. The van der Waals surface area contributed by atoms with E-state index in [4.69, 9.17) is 11.5 Å². The zero-order valence-corrected chi connectivity index (χ0v) is 10.0. The average molecular weight is 257 g/mol. The Morgan fingerprint density at radius 1 is 1.43 bits per heavy atom. The first kappa shape index (κ1) is 11.7. The molecule has 0 spiro atoms. The molecule has 0 saturated carbocycles. The van der Waals surface area contributed by atoms with Gasteiger partial charge in [-0.3, -0.25) is 0 Å². The van der Waals surface area contributed by atoms with Crippen LogP contribution >= 0.6 is 15.9 Å². The number of nitrogens with two attached hydrogens (primary N) is 2. The highest BCUT2D eigenvalue weighted by Crippen LogP contribution is 2.22. The Kier molecular flexibility index (Phi) is 4.58. The van der Waals surface area contributed by atoms with Gasteiger partial charge in [-0.25, -0.2) is 0 Å². The van der Waals surface area contributed by atoms with E-state index in [2.05, 4.69) is 41.1 Å². The molecule has 0 heterocycles. The number of rotatable bonds is 4. The van der Waals surface area contributed by atoms with Gasteiger partial charge in [0.1, 0.15) is 0 Å². The predicted molar refractivity (Wildman–Crippen MR) is 64.1 cm³/mol. The summed E-state index contributed by atoms with van der Waals surface area (Å²) in [4.78, 5) is 0. The van der Waals surface area contributed by atoms with Crippen molar-refractivity contribution in [3.8, 4) is 0 Å². The molecular formula is C11H17BrN2. The monoisotopic (exact) mass is 256 g/mol. The van der Waals surface area contributed by atoms with E-state index in [0.717, 1.165) is 17.3 Å². The molecule has 3 heteroatoms. The Hall–Kier alpha value is -0.380. The molecule has 14 heavy (non-hydrogen) atoms. The van der Waals surface area contributed by atoms with Crippen LogP contribution in [0, 0.1) is 6.92 Å². The molecule has 0 aliphatic carbocycles. The molecule has 0 fully saturated rings. The third-order valence-corrected chi connectivity index (χ3v) is 3.20. The fraction of sp³-hybridized carbons (Fsp3) is 0.455. The minimum absolute atomic E-state index is 0.107. The van der Waals surface area contributed by atoms with Crippen LogP contribution in [0.3, 0.4) is 0 Å². The number of hydrogen-bond acceptors (Lipinski definition) is 2. The normalized spacial score (nSPS) is 12.9. The quantitative estimate of drug-likeness (QED) is 0.870. The van der Waals surface area contributed by atoms with Crippen LogP contribution < -0.4 is 11.5 Å². The second kappa shape index (κ2) is 5.49. The smallest absolute Gasteiger partial charge is 0.0295 e. The minimum Gasteiger partial charge on any atom is -0.330 e. The Balaban J connectivity index is 2.70. The minimum atomic E-state index is 0.107. The molecule has 0 aliphatic rings. The van der Waals surface area contributed by atoms with Gasteiger partial charge in [0.2, 0.25) is 0 Å². The Bertz CT molecular complexity index is 299. The third-order valence-electron chi connectivity index (χ3n) is 2.34. The highest BCUT2D eigenvalue weighted by molar-refractivity contribution is 9.10. The van der Waals surface area contributed by atoms with Crippen LogP contribution in [-0.2, 0) is 0 Å². The van der Waals surface area contributed by atoms with Gasteiger partial charge in [0.05, 0.1) is 0 Å². The first-order chi connectivity index (χ1) is 6.65. The van der Waals surface area contributed by atoms with Gasteiger partial charge in [-0.1, -0.05) is 28.1 Å². The highest BCUT2D eigenvalue weighted by atomic mass is 79.9. The number of benzene rings is 1. The van der Waals surface area contributed by atoms with Crippen molar-refractivity contribution in [3.63, 3.8) is 0 Å². The zero-order valence-electron chi connectivity index (χ0n) is 8.46. The highest BCUT2D eigenvalue weighted by Gasteiger charge is 2.06. The lowest BCUT2D eigenvalue weighted by Gasteiger charge is -2.12. The van der Waals surface area contributed by atoms with Crippen LogP contribution in [0.25, 0.3) is 0 Å². The topological polar surface area (TPSA) is 52.0 Å². The molecule has 0 aliphatic heterocycles. The Labute approximate surface area is 93.8 Å². The molecule has 0 bridgehead atoms. The van der Waals surface area contributed by atoms with E-state index < -0.39 is 0 Å². The molecule has 0 amide bonds. The van der Waals surface area contributed by atoms with E-state index in [-0.39, 0.29) is 6.04 Å². The summed E-state index contributed by atoms with van der Waals surface area (Å²) < 4.78 is 1.12. The molecule has 0 unspecified atom stereocenters. The van der Waals surface area contributed by atoms with Crippen LogP contribution in [-0.4, -0.2) is 6.54 Å². The summed E-state index contributed by atoms with van der Waals surface area (Å²) in [5.74, 6) is 0. The van der Waals surface area contributed by atoms with E-state index in [1.54, 1.807) is 0 Å². The van der Waals surface area contributed by atoms with Crippen LogP contribution in [0.2, 0.25) is 0 Å². The maximum Gasteiger partial charge on any atom is 0.0295 e. The van der Waals surface area contributed by atoms with E-state index in [1.807, 2.05) is 0 Å². The lowest BCUT2D eigenvalue weighted by Crippen LogP contribution is -2.12. The first-order valence-corrected chi connectivity index (χ1v) is 5.66. The van der Waals surface area contributed by atoms with E-state index in [0.29, 0.717) is 6.54 Å². The summed E-state index contributed by atoms with van der Waals surface area (Å²) in [7, 11) is 0. The van der Waals surface area contributed by atoms with Gasteiger partial charge < -0.3 is 11.5 Å². The predicted octanol–water partition coefficient (Wildman–Crippen LogP) is 2.50. The lowest BCUT2D eigenvalue weighted by molar-refractivity contribution is 0.617. The van der Waals surface area contributed by atoms with Crippen LogP contribution in [0.1, 0.15) is 30.0 Å². The summed E-state index contributed by atoms with van der Waals surface area (Å²) in [5.41, 5.74) is 13.9. The second-order valence-corrected chi connectivity index (χ2v) is 4.40. The van der Waals surface area contributed by atoms with E-state index in [9.17, 15) is 0 Å². The van der Waals surface area contributed by atoms with Crippen molar-refractivity contribution in [2.75, 3.05) is 6.54 Å². The van der Waals surface area contributed by atoms with E-state index >= 15 is 0 Å². The van der Waals surface area contributed by atoms with Crippen LogP contribution in [0.15, 0.2) is 22.7 Å². The average Bonchev–Trinajstić information content (AvgIpc) is 2.18. The maximum atomic E-state index is 6.02. The largest absolute Gasteiger partial charge is 0.330 e. The van der Waals surface area contributed by atoms with Gasteiger partial charge in [-0.2, -0.15) is 0 Å². The molecule has 0 aromatic heterocycles. The number of hydrogen-bond donors (Lipinski definition) is 2. The lowest BCUT2D eigenvalue weighted by atomic mass is 10.0. The van der Waals surface area contributed by atoms with Gasteiger partial charge >= 0.3 is 0 Å². The Morgan fingerprint density at radius 2 is 2.14 bits per heavy atom. The van der Waals surface area contributed by atoms with Crippen molar-refractivity contribution >= 4 is 15.9 Å². The molecule has 0 radical (unpaired) electrons. The van der Waals surface area contributed by atoms with Crippen molar-refractivity contribution in [1.29, 1.82) is 0 Å². The summed E-state index contributed by atoms with van der Waals surface area (Å²) in [6.07, 6.45) is 1.93. The standard InChI is InChI=1S/C11H17BrN2/c1-8-4-5-9(7-10(8)12)11(14)3-2-6-13/h4-5,7,11H,2-3,6,13-14H2,1H3/t11-/m1/s1. The summed E-state index contributed by atoms with van der Waals surface area (Å²) in [6.45, 7) is 2.78. The molecule has 1 rings (SSSR count). The molecule has 2 nitrogen and oxygen atoms in total. The van der Waals surface area contributed by atoms with E-state index in [1.165, 1.54) is 11.1 Å². The van der Waals surface area contributed by atoms with Gasteiger partial charge in [0.15, 0.2) is 0 Å². The fourth-order valence-corrected chi connectivity index (χ4v) is 1.74. The van der Waals surface area contributed by atoms with Crippen molar-refractivity contribution in [1.82, 2.24) is 0 Å². The van der Waals surface area contributed by atoms with Gasteiger partial charge in [-0.15, -0.1) is 0 Å². The third kappa shape index (κ3) is 3.08. The van der Waals surface area contributed by atoms with Crippen molar-refractivity contribution < 1.29 is 0 Å². The molecule has 4 N–H and O–H groups in total. The van der Waals surface area contributed by atoms with Gasteiger partial charge in [-0.05, 0) is 43.5 Å². The first-order valence-electron chi connectivity index (χ1n) is 4.87. The van der Waals surface area contributed by atoms with Crippen molar-refractivity contribution in [3.05, 3.63) is 33.8 Å². The van der Waals surface area contributed by atoms with Crippen LogP contribution in [0.5, 0.6) is 0 Å². The second-order valence-electron chi connectivity index (χ2n) is 3.55. The molecule has 0 saturated heterocycles. The Morgan fingerprint density at radius 3 is 2.71 bits per heavy atom. The maximum absolute atomic E-state index is 6.02. The van der Waals surface area contributed by atoms with Crippen LogP contribution in [0.4, 0.5) is 0 Å². The molecule has 78 valence electrons.